The van der Waals surface area contributed by atoms with Crippen LogP contribution in [0.4, 0.5) is 4.39 Å². The Morgan fingerprint density at radius 1 is 1.16 bits per heavy atom. The van der Waals surface area contributed by atoms with Crippen LogP contribution in [-0.4, -0.2) is 0 Å². The second-order valence-electron chi connectivity index (χ2n) is 4.57. The van der Waals surface area contributed by atoms with Crippen LogP contribution >= 0.6 is 23.2 Å². The number of hydrogen-bond donors (Lipinski definition) is 1. The predicted octanol–water partition coefficient (Wildman–Crippen LogP) is 4.68. The highest BCUT2D eigenvalue weighted by molar-refractivity contribution is 6.33. The lowest BCUT2D eigenvalue weighted by atomic mass is 9.98. The zero-order valence-corrected chi connectivity index (χ0v) is 12.0. The van der Waals surface area contributed by atoms with Crippen molar-refractivity contribution in [3.63, 3.8) is 0 Å². The molecule has 19 heavy (non-hydrogen) atoms. The molecule has 0 heterocycles. The van der Waals surface area contributed by atoms with Crippen molar-refractivity contribution in [2.45, 2.75) is 19.4 Å². The molecule has 2 rings (SSSR count). The summed E-state index contributed by atoms with van der Waals surface area (Å²) in [6, 6.07) is 9.79. The largest absolute Gasteiger partial charge is 0.324 e. The van der Waals surface area contributed by atoms with Gasteiger partial charge in [0.2, 0.25) is 0 Å². The second-order valence-corrected chi connectivity index (χ2v) is 5.41. The minimum atomic E-state index is -0.448. The fourth-order valence-corrected chi connectivity index (χ4v) is 2.37. The van der Waals surface area contributed by atoms with E-state index in [0.717, 1.165) is 11.1 Å². The highest BCUT2D eigenvalue weighted by atomic mass is 35.5. The zero-order valence-electron chi connectivity index (χ0n) is 10.5. The van der Waals surface area contributed by atoms with Gasteiger partial charge in [0.05, 0.1) is 0 Å². The van der Waals surface area contributed by atoms with Crippen LogP contribution in [0.2, 0.25) is 10.0 Å². The Morgan fingerprint density at radius 2 is 1.89 bits per heavy atom. The van der Waals surface area contributed by atoms with Crippen LogP contribution in [0.25, 0.3) is 0 Å². The van der Waals surface area contributed by atoms with Gasteiger partial charge in [-0.2, -0.15) is 0 Å². The van der Waals surface area contributed by atoms with Crippen molar-refractivity contribution in [2.75, 3.05) is 0 Å². The first-order chi connectivity index (χ1) is 8.97. The van der Waals surface area contributed by atoms with Gasteiger partial charge in [-0.05, 0) is 48.7 Å². The van der Waals surface area contributed by atoms with Crippen LogP contribution in [0.15, 0.2) is 36.4 Å². The molecule has 4 heteroatoms. The number of halogens is 3. The number of nitrogens with two attached hydrogens (primary N) is 1. The van der Waals surface area contributed by atoms with Crippen LogP contribution in [0, 0.1) is 12.7 Å². The quantitative estimate of drug-likeness (QED) is 0.874. The molecule has 0 aromatic heterocycles. The smallest absolute Gasteiger partial charge is 0.128 e. The minimum absolute atomic E-state index is 0.286. The molecule has 0 aliphatic heterocycles. The molecular formula is C15H14Cl2FN. The number of rotatable bonds is 3. The van der Waals surface area contributed by atoms with E-state index >= 15 is 0 Å². The molecule has 100 valence electrons. The lowest BCUT2D eigenvalue weighted by Crippen LogP contribution is -2.15. The molecule has 2 aromatic carbocycles. The summed E-state index contributed by atoms with van der Waals surface area (Å²) in [5, 5.41) is 1.18. The van der Waals surface area contributed by atoms with Crippen molar-refractivity contribution in [1.82, 2.24) is 0 Å². The highest BCUT2D eigenvalue weighted by Gasteiger charge is 2.14. The van der Waals surface area contributed by atoms with E-state index in [1.165, 1.54) is 6.07 Å². The van der Waals surface area contributed by atoms with Gasteiger partial charge in [-0.25, -0.2) is 4.39 Å². The summed E-state index contributed by atoms with van der Waals surface area (Å²) < 4.78 is 13.8. The van der Waals surface area contributed by atoms with Crippen molar-refractivity contribution in [1.29, 1.82) is 0 Å². The van der Waals surface area contributed by atoms with Crippen molar-refractivity contribution in [3.05, 3.63) is 69.0 Å². The first kappa shape index (κ1) is 14.3. The van der Waals surface area contributed by atoms with Gasteiger partial charge in [-0.3, -0.25) is 0 Å². The summed E-state index contributed by atoms with van der Waals surface area (Å²) >= 11 is 12.0. The Hall–Kier alpha value is -1.09. The van der Waals surface area contributed by atoms with E-state index in [2.05, 4.69) is 0 Å². The van der Waals surface area contributed by atoms with Crippen molar-refractivity contribution in [2.24, 2.45) is 5.73 Å². The SMILES string of the molecule is Cc1ccc(C(N)Cc2cc(Cl)ccc2Cl)c(F)c1. The van der Waals surface area contributed by atoms with E-state index in [4.69, 9.17) is 28.9 Å². The molecule has 0 aliphatic rings. The minimum Gasteiger partial charge on any atom is -0.324 e. The molecule has 0 spiro atoms. The molecule has 0 aliphatic carbocycles. The van der Waals surface area contributed by atoms with Crippen molar-refractivity contribution < 1.29 is 4.39 Å². The Bertz CT molecular complexity index is 599. The van der Waals surface area contributed by atoms with Gasteiger partial charge in [0, 0.05) is 21.7 Å². The van der Waals surface area contributed by atoms with E-state index in [0.29, 0.717) is 22.0 Å². The van der Waals surface area contributed by atoms with Gasteiger partial charge >= 0.3 is 0 Å². The molecule has 0 fully saturated rings. The molecule has 0 amide bonds. The van der Waals surface area contributed by atoms with Gasteiger partial charge in [0.25, 0.3) is 0 Å². The van der Waals surface area contributed by atoms with E-state index in [1.807, 2.05) is 13.0 Å². The lowest BCUT2D eigenvalue weighted by molar-refractivity contribution is 0.579. The Kier molecular flexibility index (Phi) is 4.46. The predicted molar refractivity (Wildman–Crippen MR) is 78.2 cm³/mol. The topological polar surface area (TPSA) is 26.0 Å². The first-order valence-corrected chi connectivity index (χ1v) is 6.68. The summed E-state index contributed by atoms with van der Waals surface area (Å²) in [6.07, 6.45) is 0.444. The van der Waals surface area contributed by atoms with Crippen LogP contribution in [0.1, 0.15) is 22.7 Å². The third-order valence-corrected chi connectivity index (χ3v) is 3.61. The zero-order chi connectivity index (χ0) is 14.0. The van der Waals surface area contributed by atoms with E-state index in [9.17, 15) is 4.39 Å². The number of benzene rings is 2. The van der Waals surface area contributed by atoms with Gasteiger partial charge in [0.15, 0.2) is 0 Å². The molecule has 2 N–H and O–H groups in total. The normalized spacial score (nSPS) is 12.5. The van der Waals surface area contributed by atoms with Gasteiger partial charge in [-0.15, -0.1) is 0 Å². The van der Waals surface area contributed by atoms with Crippen molar-refractivity contribution >= 4 is 23.2 Å². The average Bonchev–Trinajstić information content (AvgIpc) is 2.33. The summed E-state index contributed by atoms with van der Waals surface area (Å²) in [7, 11) is 0. The molecule has 0 bridgehead atoms. The molecule has 0 saturated heterocycles. The third kappa shape index (κ3) is 3.47. The van der Waals surface area contributed by atoms with E-state index in [-0.39, 0.29) is 5.82 Å². The van der Waals surface area contributed by atoms with Crippen LogP contribution in [-0.2, 0) is 6.42 Å². The summed E-state index contributed by atoms with van der Waals surface area (Å²) in [4.78, 5) is 0. The summed E-state index contributed by atoms with van der Waals surface area (Å²) in [6.45, 7) is 1.84. The maximum atomic E-state index is 13.8. The maximum absolute atomic E-state index is 13.8. The Morgan fingerprint density at radius 3 is 2.58 bits per heavy atom. The maximum Gasteiger partial charge on any atom is 0.128 e. The fourth-order valence-electron chi connectivity index (χ4n) is 1.98. The Balaban J connectivity index is 2.25. The monoisotopic (exact) mass is 297 g/mol. The highest BCUT2D eigenvalue weighted by Crippen LogP contribution is 2.26. The molecule has 1 unspecified atom stereocenters. The van der Waals surface area contributed by atoms with Gasteiger partial charge < -0.3 is 5.73 Å². The van der Waals surface area contributed by atoms with Crippen LogP contribution in [0.3, 0.4) is 0 Å². The van der Waals surface area contributed by atoms with Gasteiger partial charge in [-0.1, -0.05) is 35.3 Å². The standard InChI is InChI=1S/C15H14Cl2FN/c1-9-2-4-12(14(18)6-9)15(19)8-10-7-11(16)3-5-13(10)17/h2-7,15H,8,19H2,1H3. The van der Waals surface area contributed by atoms with E-state index in [1.54, 1.807) is 24.3 Å². The first-order valence-electron chi connectivity index (χ1n) is 5.93. The lowest BCUT2D eigenvalue weighted by Gasteiger charge is -2.14. The fraction of sp³-hybridized carbons (Fsp3) is 0.200. The summed E-state index contributed by atoms with van der Waals surface area (Å²) in [5.74, 6) is -0.286. The molecule has 2 aromatic rings. The average molecular weight is 298 g/mol. The molecule has 1 nitrogen and oxygen atoms in total. The van der Waals surface area contributed by atoms with E-state index < -0.39 is 6.04 Å². The van der Waals surface area contributed by atoms with Crippen LogP contribution in [0.5, 0.6) is 0 Å². The summed E-state index contributed by atoms with van der Waals surface area (Å²) in [5.41, 5.74) is 8.23. The second kappa shape index (κ2) is 5.91. The molecular weight excluding hydrogens is 284 g/mol. The Labute approximate surface area is 122 Å². The third-order valence-electron chi connectivity index (χ3n) is 3.00. The number of aryl methyl sites for hydroxylation is 1. The number of hydrogen-bond acceptors (Lipinski definition) is 1. The van der Waals surface area contributed by atoms with Crippen molar-refractivity contribution in [3.8, 4) is 0 Å². The molecule has 1 atom stereocenters. The van der Waals surface area contributed by atoms with Gasteiger partial charge in [0.1, 0.15) is 5.82 Å². The molecule has 0 radical (unpaired) electrons. The van der Waals surface area contributed by atoms with Crippen LogP contribution < -0.4 is 5.73 Å². The molecule has 0 saturated carbocycles.